The van der Waals surface area contributed by atoms with Crippen LogP contribution in [0.25, 0.3) is 0 Å². The van der Waals surface area contributed by atoms with Crippen molar-refractivity contribution >= 4 is 29.2 Å². The van der Waals surface area contributed by atoms with Crippen molar-refractivity contribution in [2.75, 3.05) is 25.0 Å². The Labute approximate surface area is 213 Å². The van der Waals surface area contributed by atoms with Crippen molar-refractivity contribution in [2.45, 2.75) is 37.4 Å². The molecule has 37 heavy (non-hydrogen) atoms. The molecule has 0 aromatic heterocycles. The molecule has 0 amide bonds. The van der Waals surface area contributed by atoms with Crippen molar-refractivity contribution in [3.05, 3.63) is 58.1 Å². The van der Waals surface area contributed by atoms with Crippen LogP contribution in [0.4, 0.5) is 27.6 Å². The van der Waals surface area contributed by atoms with E-state index >= 15 is 0 Å². The van der Waals surface area contributed by atoms with E-state index in [1.807, 2.05) is 0 Å². The van der Waals surface area contributed by atoms with Gasteiger partial charge in [-0.2, -0.15) is 22.0 Å². The monoisotopic (exact) mass is 548 g/mol. The molecule has 2 aromatic rings. The lowest BCUT2D eigenvalue weighted by Crippen LogP contribution is -2.41. The standard InChI is InChI=1S/C24H24ClF5N2O5/c25-19-6-5-15-16(7-8-31-11-18(15)17(22(35)36)9-20(33)34)21(19)32-10-13-1-3-14(4-2-13)37-12-23(26,27)24(28,29)30/h1-6,17-18,31-32H,7-12H2,(H,33,34)(H,35,36)/p-2. The average Bonchev–Trinajstić information content (AvgIpc) is 3.03. The van der Waals surface area contributed by atoms with E-state index in [-0.39, 0.29) is 18.8 Å². The van der Waals surface area contributed by atoms with Gasteiger partial charge < -0.3 is 35.2 Å². The lowest BCUT2D eigenvalue weighted by molar-refractivity contribution is -0.321. The maximum Gasteiger partial charge on any atom is 0.456 e. The van der Waals surface area contributed by atoms with Gasteiger partial charge in [-0.15, -0.1) is 0 Å². The number of carbonyl (C=O) groups is 2. The van der Waals surface area contributed by atoms with E-state index in [2.05, 4.69) is 15.4 Å². The first-order chi connectivity index (χ1) is 17.3. The third kappa shape index (κ3) is 7.01. The second-order valence-corrected chi connectivity index (χ2v) is 8.95. The minimum Gasteiger partial charge on any atom is -0.550 e. The molecule has 7 nitrogen and oxygen atoms in total. The normalized spacial score (nSPS) is 16.9. The van der Waals surface area contributed by atoms with Gasteiger partial charge in [-0.05, 0) is 54.3 Å². The predicted octanol–water partition coefficient (Wildman–Crippen LogP) is 2.26. The summed E-state index contributed by atoms with van der Waals surface area (Å²) in [5.74, 6) is -10.2. The zero-order valence-electron chi connectivity index (χ0n) is 19.2. The van der Waals surface area contributed by atoms with E-state index in [1.54, 1.807) is 12.1 Å². The lowest BCUT2D eigenvalue weighted by Gasteiger charge is -2.30. The fourth-order valence-electron chi connectivity index (χ4n) is 4.10. The van der Waals surface area contributed by atoms with Gasteiger partial charge in [0.25, 0.3) is 0 Å². The lowest BCUT2D eigenvalue weighted by atomic mass is 9.81. The third-order valence-electron chi connectivity index (χ3n) is 6.02. The van der Waals surface area contributed by atoms with Crippen molar-refractivity contribution < 1.29 is 46.5 Å². The minimum absolute atomic E-state index is 0.172. The second kappa shape index (κ2) is 11.5. The summed E-state index contributed by atoms with van der Waals surface area (Å²) in [5.41, 5.74) is 2.42. The number of hydrogen-bond donors (Lipinski definition) is 2. The molecule has 0 bridgehead atoms. The molecule has 0 saturated carbocycles. The van der Waals surface area contributed by atoms with Crippen molar-refractivity contribution in [3.63, 3.8) is 0 Å². The van der Waals surface area contributed by atoms with E-state index in [0.717, 1.165) is 0 Å². The number of hydrogen-bond acceptors (Lipinski definition) is 7. The summed E-state index contributed by atoms with van der Waals surface area (Å²) in [4.78, 5) is 22.9. The highest BCUT2D eigenvalue weighted by atomic mass is 35.5. The number of alkyl halides is 5. The summed E-state index contributed by atoms with van der Waals surface area (Å²) in [6, 6.07) is 8.65. The Morgan fingerprint density at radius 3 is 2.38 bits per heavy atom. The van der Waals surface area contributed by atoms with Gasteiger partial charge in [0.15, 0.2) is 6.61 Å². The number of fused-ring (bicyclic) bond motifs is 1. The van der Waals surface area contributed by atoms with Gasteiger partial charge in [0, 0.05) is 36.9 Å². The van der Waals surface area contributed by atoms with Crippen LogP contribution in [-0.2, 0) is 22.6 Å². The van der Waals surface area contributed by atoms with Crippen molar-refractivity contribution in [1.29, 1.82) is 0 Å². The third-order valence-corrected chi connectivity index (χ3v) is 6.33. The number of benzene rings is 2. The SMILES string of the molecule is O=C([O-])CC(C(=O)[O-])C1CNCCc2c1ccc(Cl)c2NCc1ccc(OCC(F)(F)C(F)(F)F)cc1. The Morgan fingerprint density at radius 1 is 1.11 bits per heavy atom. The zero-order valence-corrected chi connectivity index (χ0v) is 19.9. The van der Waals surface area contributed by atoms with Gasteiger partial charge in [-0.3, -0.25) is 0 Å². The van der Waals surface area contributed by atoms with Gasteiger partial charge in [-0.25, -0.2) is 0 Å². The van der Waals surface area contributed by atoms with Crippen LogP contribution >= 0.6 is 11.6 Å². The molecule has 2 N–H and O–H groups in total. The number of carbonyl (C=O) groups excluding carboxylic acids is 2. The Hall–Kier alpha value is -3.12. The topological polar surface area (TPSA) is 114 Å². The number of carboxylic acid groups (broad SMARTS) is 2. The first kappa shape index (κ1) is 28.5. The average molecular weight is 549 g/mol. The number of ether oxygens (including phenoxy) is 1. The second-order valence-electron chi connectivity index (χ2n) is 8.54. The number of anilines is 1. The molecular formula is C24H22ClF5N2O5-2. The van der Waals surface area contributed by atoms with Crippen molar-refractivity contribution in [3.8, 4) is 5.75 Å². The van der Waals surface area contributed by atoms with Gasteiger partial charge in [0.1, 0.15) is 5.75 Å². The predicted molar refractivity (Wildman–Crippen MR) is 119 cm³/mol. The Bertz CT molecular complexity index is 1130. The summed E-state index contributed by atoms with van der Waals surface area (Å²) >= 11 is 6.40. The molecule has 1 aliphatic rings. The highest BCUT2D eigenvalue weighted by Crippen LogP contribution is 2.38. The molecule has 0 saturated heterocycles. The minimum atomic E-state index is -5.72. The Balaban J connectivity index is 1.77. The van der Waals surface area contributed by atoms with Crippen LogP contribution in [0.1, 0.15) is 29.0 Å². The van der Waals surface area contributed by atoms with Crippen LogP contribution < -0.4 is 25.6 Å². The number of halogens is 6. The van der Waals surface area contributed by atoms with E-state index in [0.29, 0.717) is 40.4 Å². The summed E-state index contributed by atoms with van der Waals surface area (Å²) in [6.07, 6.45) is -5.98. The summed E-state index contributed by atoms with van der Waals surface area (Å²) in [7, 11) is 0. The maximum absolute atomic E-state index is 13.0. The molecule has 0 radical (unpaired) electrons. The molecule has 0 fully saturated rings. The summed E-state index contributed by atoms with van der Waals surface area (Å²) in [5, 5.41) is 29.4. The van der Waals surface area contributed by atoms with Crippen LogP contribution in [0.15, 0.2) is 36.4 Å². The Kier molecular flexibility index (Phi) is 8.85. The molecule has 1 aliphatic heterocycles. The van der Waals surface area contributed by atoms with E-state index in [4.69, 9.17) is 11.6 Å². The highest BCUT2D eigenvalue weighted by molar-refractivity contribution is 6.33. The summed E-state index contributed by atoms with van der Waals surface area (Å²) < 4.78 is 67.5. The van der Waals surface area contributed by atoms with Gasteiger partial charge >= 0.3 is 12.1 Å². The van der Waals surface area contributed by atoms with Crippen LogP contribution in [0, 0.1) is 5.92 Å². The van der Waals surface area contributed by atoms with Crippen LogP contribution in [0.5, 0.6) is 5.75 Å². The fourth-order valence-corrected chi connectivity index (χ4v) is 4.35. The van der Waals surface area contributed by atoms with E-state index < -0.39 is 48.9 Å². The van der Waals surface area contributed by atoms with Crippen molar-refractivity contribution in [1.82, 2.24) is 5.32 Å². The molecule has 1 heterocycles. The maximum atomic E-state index is 13.0. The quantitative estimate of drug-likeness (QED) is 0.438. The molecule has 0 spiro atoms. The van der Waals surface area contributed by atoms with Crippen molar-refractivity contribution in [2.24, 2.45) is 5.92 Å². The summed E-state index contributed by atoms with van der Waals surface area (Å²) in [6.45, 7) is -0.997. The van der Waals surface area contributed by atoms with Gasteiger partial charge in [0.05, 0.1) is 10.7 Å². The molecule has 2 aromatic carbocycles. The largest absolute Gasteiger partial charge is 0.550 e. The number of carboxylic acids is 2. The van der Waals surface area contributed by atoms with Crippen LogP contribution in [0.2, 0.25) is 5.02 Å². The smallest absolute Gasteiger partial charge is 0.456 e. The number of aliphatic carboxylic acids is 2. The molecule has 2 unspecified atom stereocenters. The fraction of sp³-hybridized carbons (Fsp3) is 0.417. The molecule has 2 atom stereocenters. The van der Waals surface area contributed by atoms with Gasteiger partial charge in [0.2, 0.25) is 0 Å². The zero-order chi connectivity index (χ0) is 27.4. The van der Waals surface area contributed by atoms with Crippen LogP contribution in [0.3, 0.4) is 0 Å². The van der Waals surface area contributed by atoms with E-state index in [1.165, 1.54) is 24.3 Å². The molecule has 13 heteroatoms. The number of nitrogens with one attached hydrogen (secondary N) is 2. The molecule has 0 aliphatic carbocycles. The number of rotatable bonds is 10. The van der Waals surface area contributed by atoms with E-state index in [9.17, 15) is 41.8 Å². The first-order valence-corrected chi connectivity index (χ1v) is 11.5. The molecular weight excluding hydrogens is 527 g/mol. The van der Waals surface area contributed by atoms with Crippen LogP contribution in [-0.4, -0.2) is 43.7 Å². The molecule has 202 valence electrons. The highest BCUT2D eigenvalue weighted by Gasteiger charge is 2.58. The first-order valence-electron chi connectivity index (χ1n) is 11.1. The Morgan fingerprint density at radius 2 is 1.78 bits per heavy atom. The molecule has 3 rings (SSSR count). The van der Waals surface area contributed by atoms with Gasteiger partial charge in [-0.1, -0.05) is 29.8 Å².